The molecule has 1 atom stereocenters. The highest BCUT2D eigenvalue weighted by molar-refractivity contribution is 7.22. The number of anilines is 1. The number of aryl methyl sites for hydroxylation is 2. The van der Waals surface area contributed by atoms with E-state index in [4.69, 9.17) is 4.74 Å². The van der Waals surface area contributed by atoms with Gasteiger partial charge in [0.25, 0.3) is 0 Å². The Morgan fingerprint density at radius 3 is 2.78 bits per heavy atom. The van der Waals surface area contributed by atoms with Gasteiger partial charge in [-0.1, -0.05) is 41.7 Å². The molecule has 3 rings (SSSR count). The van der Waals surface area contributed by atoms with Crippen LogP contribution in [0, 0.1) is 6.92 Å². The number of nitrogens with one attached hydrogen (secondary N) is 1. The van der Waals surface area contributed by atoms with Crippen LogP contribution < -0.4 is 5.32 Å². The van der Waals surface area contributed by atoms with E-state index in [1.807, 2.05) is 44.3 Å². The largest absolute Gasteiger partial charge is 0.469 e. The summed E-state index contributed by atoms with van der Waals surface area (Å²) in [7, 11) is 3.28. The van der Waals surface area contributed by atoms with Gasteiger partial charge in [0.2, 0.25) is 0 Å². The lowest BCUT2D eigenvalue weighted by Crippen LogP contribution is -2.16. The molecule has 0 aliphatic rings. The second-order valence-corrected chi connectivity index (χ2v) is 6.27. The summed E-state index contributed by atoms with van der Waals surface area (Å²) in [6.07, 6.45) is 0.244. The van der Waals surface area contributed by atoms with E-state index < -0.39 is 0 Å². The van der Waals surface area contributed by atoms with Crippen molar-refractivity contribution in [3.05, 3.63) is 41.6 Å². The molecule has 6 nitrogen and oxygen atoms in total. The van der Waals surface area contributed by atoms with Gasteiger partial charge in [-0.15, -0.1) is 0 Å². The Labute approximate surface area is 138 Å². The van der Waals surface area contributed by atoms with Crippen molar-refractivity contribution in [1.82, 2.24) is 14.8 Å². The van der Waals surface area contributed by atoms with Gasteiger partial charge in [-0.2, -0.15) is 5.10 Å². The lowest BCUT2D eigenvalue weighted by atomic mass is 10.0. The van der Waals surface area contributed by atoms with Crippen molar-refractivity contribution in [2.45, 2.75) is 19.4 Å². The number of hydrogen-bond acceptors (Lipinski definition) is 6. The molecule has 0 saturated carbocycles. The number of fused-ring (bicyclic) bond motifs is 1. The Bertz CT molecular complexity index is 791. The fraction of sp³-hybridized carbons (Fsp3) is 0.312. The summed E-state index contributed by atoms with van der Waals surface area (Å²) in [5.74, 6) is -0.259. The minimum Gasteiger partial charge on any atom is -0.469 e. The standard InChI is InChI=1S/C16H18N4O2S/c1-10-14-15(20(2)19-10)18-16(23-14)17-12(9-13(21)22-3)11-7-5-4-6-8-11/h4-8,12H,9H2,1-3H3,(H,17,18)/t12-/m1/s1. The number of carbonyl (C=O) groups excluding carboxylic acids is 1. The third kappa shape index (κ3) is 3.19. The van der Waals surface area contributed by atoms with Crippen molar-refractivity contribution in [3.63, 3.8) is 0 Å². The molecule has 3 aromatic rings. The lowest BCUT2D eigenvalue weighted by Gasteiger charge is -2.17. The summed E-state index contributed by atoms with van der Waals surface area (Å²) >= 11 is 1.54. The quantitative estimate of drug-likeness (QED) is 0.728. The molecule has 0 aliphatic carbocycles. The minimum atomic E-state index is -0.259. The fourth-order valence-corrected chi connectivity index (χ4v) is 3.47. The van der Waals surface area contributed by atoms with Crippen LogP contribution in [-0.4, -0.2) is 27.8 Å². The van der Waals surface area contributed by atoms with Gasteiger partial charge in [0.05, 0.1) is 30.0 Å². The van der Waals surface area contributed by atoms with Gasteiger partial charge < -0.3 is 10.1 Å². The lowest BCUT2D eigenvalue weighted by molar-refractivity contribution is -0.140. The average molecular weight is 330 g/mol. The van der Waals surface area contributed by atoms with E-state index >= 15 is 0 Å². The first kappa shape index (κ1) is 15.5. The van der Waals surface area contributed by atoms with Crippen LogP contribution >= 0.6 is 11.3 Å². The number of esters is 1. The number of carbonyl (C=O) groups is 1. The first-order valence-corrected chi connectivity index (χ1v) is 8.08. The molecule has 0 saturated heterocycles. The van der Waals surface area contributed by atoms with E-state index in [1.54, 1.807) is 16.0 Å². The number of nitrogens with zero attached hydrogens (tertiary/aromatic N) is 3. The first-order valence-electron chi connectivity index (χ1n) is 7.27. The maximum Gasteiger partial charge on any atom is 0.307 e. The number of thiazole rings is 1. The summed E-state index contributed by atoms with van der Waals surface area (Å²) in [5.41, 5.74) is 2.82. The van der Waals surface area contributed by atoms with Crippen molar-refractivity contribution >= 4 is 32.8 Å². The van der Waals surface area contributed by atoms with Crippen LogP contribution in [0.1, 0.15) is 23.7 Å². The summed E-state index contributed by atoms with van der Waals surface area (Å²) in [6, 6.07) is 9.64. The zero-order chi connectivity index (χ0) is 16.4. The van der Waals surface area contributed by atoms with E-state index in [1.165, 1.54) is 7.11 Å². The highest BCUT2D eigenvalue weighted by Gasteiger charge is 2.19. The predicted molar refractivity (Wildman–Crippen MR) is 90.6 cm³/mol. The van der Waals surface area contributed by atoms with Crippen LogP contribution in [0.4, 0.5) is 5.13 Å². The highest BCUT2D eigenvalue weighted by atomic mass is 32.1. The Hall–Kier alpha value is -2.41. The van der Waals surface area contributed by atoms with Gasteiger partial charge in [0, 0.05) is 7.05 Å². The molecule has 0 spiro atoms. The van der Waals surface area contributed by atoms with E-state index in [-0.39, 0.29) is 18.4 Å². The van der Waals surface area contributed by atoms with Crippen molar-refractivity contribution < 1.29 is 9.53 Å². The maximum absolute atomic E-state index is 11.7. The smallest absolute Gasteiger partial charge is 0.307 e. The molecule has 1 aromatic carbocycles. The number of hydrogen-bond donors (Lipinski definition) is 1. The number of ether oxygens (including phenoxy) is 1. The summed E-state index contributed by atoms with van der Waals surface area (Å²) in [6.45, 7) is 1.97. The van der Waals surface area contributed by atoms with Crippen LogP contribution in [0.2, 0.25) is 0 Å². The van der Waals surface area contributed by atoms with Crippen molar-refractivity contribution in [2.75, 3.05) is 12.4 Å². The molecule has 0 amide bonds. The molecule has 1 N–H and O–H groups in total. The number of methoxy groups -OCH3 is 1. The Morgan fingerprint density at radius 1 is 1.39 bits per heavy atom. The van der Waals surface area contributed by atoms with E-state index in [2.05, 4.69) is 15.4 Å². The van der Waals surface area contributed by atoms with E-state index in [9.17, 15) is 4.79 Å². The van der Waals surface area contributed by atoms with Gasteiger partial charge in [-0.3, -0.25) is 4.79 Å². The molecule has 2 aromatic heterocycles. The van der Waals surface area contributed by atoms with Gasteiger partial charge >= 0.3 is 5.97 Å². The number of rotatable bonds is 5. The first-order chi connectivity index (χ1) is 11.1. The molecule has 0 aliphatic heterocycles. The van der Waals surface area contributed by atoms with Crippen LogP contribution in [0.25, 0.3) is 10.3 Å². The maximum atomic E-state index is 11.7. The second kappa shape index (κ2) is 6.37. The topological polar surface area (TPSA) is 69.0 Å². The molecular formula is C16H18N4O2S. The third-order valence-electron chi connectivity index (χ3n) is 3.64. The number of aromatic nitrogens is 3. The van der Waals surface area contributed by atoms with Gasteiger partial charge in [-0.05, 0) is 12.5 Å². The Kier molecular flexibility index (Phi) is 4.29. The molecule has 7 heteroatoms. The minimum absolute atomic E-state index is 0.183. The van der Waals surface area contributed by atoms with Crippen molar-refractivity contribution in [3.8, 4) is 0 Å². The zero-order valence-corrected chi connectivity index (χ0v) is 14.1. The average Bonchev–Trinajstić information content (AvgIpc) is 3.09. The fourth-order valence-electron chi connectivity index (χ4n) is 2.48. The molecule has 0 radical (unpaired) electrons. The van der Waals surface area contributed by atoms with Gasteiger partial charge in [0.15, 0.2) is 10.8 Å². The summed E-state index contributed by atoms with van der Waals surface area (Å²) in [4.78, 5) is 16.3. The Morgan fingerprint density at radius 2 is 2.13 bits per heavy atom. The van der Waals surface area contributed by atoms with Crippen LogP contribution in [-0.2, 0) is 16.6 Å². The van der Waals surface area contributed by atoms with Crippen LogP contribution in [0.5, 0.6) is 0 Å². The second-order valence-electron chi connectivity index (χ2n) is 5.27. The van der Waals surface area contributed by atoms with Crippen molar-refractivity contribution in [1.29, 1.82) is 0 Å². The summed E-state index contributed by atoms with van der Waals surface area (Å²) in [5, 5.41) is 8.48. The third-order valence-corrected chi connectivity index (χ3v) is 4.73. The molecule has 0 unspecified atom stereocenters. The number of benzene rings is 1. The predicted octanol–water partition coefficient (Wildman–Crippen LogP) is 3.05. The van der Waals surface area contributed by atoms with Crippen molar-refractivity contribution in [2.24, 2.45) is 7.05 Å². The monoisotopic (exact) mass is 330 g/mol. The molecular weight excluding hydrogens is 312 g/mol. The van der Waals surface area contributed by atoms with E-state index in [0.717, 1.165) is 26.7 Å². The molecule has 0 fully saturated rings. The molecule has 120 valence electrons. The Balaban J connectivity index is 1.90. The van der Waals surface area contributed by atoms with Crippen LogP contribution in [0.3, 0.4) is 0 Å². The SMILES string of the molecule is COC(=O)C[C@@H](Nc1nc2c(s1)c(C)nn2C)c1ccccc1. The van der Waals surface area contributed by atoms with Gasteiger partial charge in [0.1, 0.15) is 0 Å². The zero-order valence-electron chi connectivity index (χ0n) is 13.2. The van der Waals surface area contributed by atoms with Gasteiger partial charge in [-0.25, -0.2) is 9.67 Å². The highest BCUT2D eigenvalue weighted by Crippen LogP contribution is 2.31. The normalized spacial score (nSPS) is 12.3. The van der Waals surface area contributed by atoms with E-state index in [0.29, 0.717) is 0 Å². The van der Waals surface area contributed by atoms with Crippen LogP contribution in [0.15, 0.2) is 30.3 Å². The molecule has 23 heavy (non-hydrogen) atoms. The summed E-state index contributed by atoms with van der Waals surface area (Å²) < 4.78 is 7.64. The molecule has 2 heterocycles. The molecule has 0 bridgehead atoms.